The molecule has 0 spiro atoms. The third-order valence-electron chi connectivity index (χ3n) is 5.43. The van der Waals surface area contributed by atoms with Crippen LogP contribution in [0.15, 0.2) is 59.8 Å². The molecule has 3 heterocycles. The van der Waals surface area contributed by atoms with Crippen molar-refractivity contribution in [2.75, 3.05) is 43.0 Å². The van der Waals surface area contributed by atoms with Gasteiger partial charge in [-0.2, -0.15) is 0 Å². The highest BCUT2D eigenvalue weighted by molar-refractivity contribution is 7.89. The van der Waals surface area contributed by atoms with Gasteiger partial charge in [-0.3, -0.25) is 4.98 Å². The molecule has 1 aliphatic rings. The van der Waals surface area contributed by atoms with E-state index in [0.717, 1.165) is 42.3 Å². The molecule has 9 heteroatoms. The molecule has 1 aliphatic heterocycles. The quantitative estimate of drug-likeness (QED) is 0.632. The molecule has 1 saturated heterocycles. The van der Waals surface area contributed by atoms with Crippen LogP contribution in [0.5, 0.6) is 0 Å². The molecule has 4 rings (SSSR count). The van der Waals surface area contributed by atoms with E-state index in [1.165, 1.54) is 7.05 Å². The standard InChI is InChI=1S/C22H26N6O2S/c1-3-18-16-21(26-22(25-18)17-8-10-24-11-9-17)28-14-12-27(13-15-28)19-6-4-5-7-20(19)31(29,30)23-2/h4-11,16,23H,3,12-15H2,1-2H3. The average Bonchev–Trinajstić information content (AvgIpc) is 2.84. The lowest BCUT2D eigenvalue weighted by Crippen LogP contribution is -2.47. The van der Waals surface area contributed by atoms with Crippen molar-refractivity contribution in [2.45, 2.75) is 18.2 Å². The fraction of sp³-hybridized carbons (Fsp3) is 0.318. The van der Waals surface area contributed by atoms with Crippen LogP contribution in [0.1, 0.15) is 12.6 Å². The van der Waals surface area contributed by atoms with Crippen molar-refractivity contribution in [1.29, 1.82) is 0 Å². The number of nitrogens with one attached hydrogen (secondary N) is 1. The maximum absolute atomic E-state index is 12.4. The highest BCUT2D eigenvalue weighted by atomic mass is 32.2. The highest BCUT2D eigenvalue weighted by Gasteiger charge is 2.24. The lowest BCUT2D eigenvalue weighted by molar-refractivity contribution is 0.586. The number of hydrogen-bond donors (Lipinski definition) is 1. The Bertz CT molecular complexity index is 1150. The molecule has 0 bridgehead atoms. The number of hydrogen-bond acceptors (Lipinski definition) is 7. The lowest BCUT2D eigenvalue weighted by atomic mass is 10.2. The first kappa shape index (κ1) is 21.2. The van der Waals surface area contributed by atoms with Gasteiger partial charge in [0, 0.05) is 55.9 Å². The first-order valence-corrected chi connectivity index (χ1v) is 11.8. The number of anilines is 2. The third-order valence-corrected chi connectivity index (χ3v) is 6.90. The summed E-state index contributed by atoms with van der Waals surface area (Å²) in [7, 11) is -2.08. The molecule has 0 aliphatic carbocycles. The number of nitrogens with zero attached hydrogens (tertiary/aromatic N) is 5. The molecule has 0 saturated carbocycles. The van der Waals surface area contributed by atoms with E-state index in [9.17, 15) is 8.42 Å². The molecule has 8 nitrogen and oxygen atoms in total. The van der Waals surface area contributed by atoms with Crippen molar-refractivity contribution >= 4 is 21.5 Å². The molecule has 2 aromatic heterocycles. The number of aryl methyl sites for hydroxylation is 1. The van der Waals surface area contributed by atoms with E-state index in [1.807, 2.05) is 30.3 Å². The van der Waals surface area contributed by atoms with Gasteiger partial charge in [0.05, 0.1) is 5.69 Å². The van der Waals surface area contributed by atoms with Crippen LogP contribution in [-0.2, 0) is 16.4 Å². The van der Waals surface area contributed by atoms with E-state index in [0.29, 0.717) is 23.8 Å². The van der Waals surface area contributed by atoms with Crippen LogP contribution in [0.4, 0.5) is 11.5 Å². The van der Waals surface area contributed by atoms with E-state index in [4.69, 9.17) is 4.98 Å². The Morgan fingerprint density at radius 1 is 0.968 bits per heavy atom. The molecule has 0 atom stereocenters. The summed E-state index contributed by atoms with van der Waals surface area (Å²) in [6.45, 7) is 4.96. The summed E-state index contributed by atoms with van der Waals surface area (Å²) in [5, 5.41) is 0. The summed E-state index contributed by atoms with van der Waals surface area (Å²) in [5.41, 5.74) is 2.66. The van der Waals surface area contributed by atoms with Crippen molar-refractivity contribution < 1.29 is 8.42 Å². The van der Waals surface area contributed by atoms with Gasteiger partial charge in [0.1, 0.15) is 10.7 Å². The monoisotopic (exact) mass is 438 g/mol. The first-order chi connectivity index (χ1) is 15.0. The summed E-state index contributed by atoms with van der Waals surface area (Å²) in [5.74, 6) is 1.60. The molecule has 162 valence electrons. The van der Waals surface area contributed by atoms with Crippen molar-refractivity contribution in [1.82, 2.24) is 19.7 Å². The highest BCUT2D eigenvalue weighted by Crippen LogP contribution is 2.27. The second kappa shape index (κ2) is 8.99. The molecule has 1 fully saturated rings. The fourth-order valence-electron chi connectivity index (χ4n) is 3.69. The van der Waals surface area contributed by atoms with Gasteiger partial charge in [-0.15, -0.1) is 0 Å². The number of aromatic nitrogens is 3. The van der Waals surface area contributed by atoms with Crippen molar-refractivity contribution in [2.24, 2.45) is 0 Å². The number of rotatable bonds is 6. The van der Waals surface area contributed by atoms with Gasteiger partial charge in [0.2, 0.25) is 10.0 Å². The van der Waals surface area contributed by atoms with Crippen molar-refractivity contribution in [3.05, 3.63) is 60.6 Å². The van der Waals surface area contributed by atoms with Gasteiger partial charge < -0.3 is 9.80 Å². The van der Waals surface area contributed by atoms with Gasteiger partial charge in [-0.25, -0.2) is 23.1 Å². The predicted octanol–water partition coefficient (Wildman–Crippen LogP) is 2.34. The normalized spacial score (nSPS) is 14.6. The second-order valence-corrected chi connectivity index (χ2v) is 9.13. The zero-order chi connectivity index (χ0) is 21.8. The second-order valence-electron chi connectivity index (χ2n) is 7.28. The summed E-state index contributed by atoms with van der Waals surface area (Å²) in [6.07, 6.45) is 4.31. The minimum Gasteiger partial charge on any atom is -0.367 e. The molecule has 0 radical (unpaired) electrons. The van der Waals surface area contributed by atoms with Crippen LogP contribution in [0.25, 0.3) is 11.4 Å². The van der Waals surface area contributed by atoms with E-state index >= 15 is 0 Å². The van der Waals surface area contributed by atoms with Crippen molar-refractivity contribution in [3.8, 4) is 11.4 Å². The minimum atomic E-state index is -3.52. The Balaban J connectivity index is 1.57. The maximum atomic E-state index is 12.4. The van der Waals surface area contributed by atoms with Crippen molar-refractivity contribution in [3.63, 3.8) is 0 Å². The maximum Gasteiger partial charge on any atom is 0.242 e. The van der Waals surface area contributed by atoms with Crippen LogP contribution in [0.2, 0.25) is 0 Å². The Kier molecular flexibility index (Phi) is 6.15. The third kappa shape index (κ3) is 4.52. The number of pyridine rings is 1. The summed E-state index contributed by atoms with van der Waals surface area (Å²) < 4.78 is 27.3. The van der Waals surface area contributed by atoms with E-state index < -0.39 is 10.0 Å². The van der Waals surface area contributed by atoms with Gasteiger partial charge in [0.15, 0.2) is 5.82 Å². The molecule has 3 aromatic rings. The Morgan fingerprint density at radius 3 is 2.32 bits per heavy atom. The summed E-state index contributed by atoms with van der Waals surface area (Å²) >= 11 is 0. The zero-order valence-corrected chi connectivity index (χ0v) is 18.5. The number of piperazine rings is 1. The van der Waals surface area contributed by atoms with Gasteiger partial charge in [-0.1, -0.05) is 19.1 Å². The largest absolute Gasteiger partial charge is 0.367 e. The molecule has 0 amide bonds. The lowest BCUT2D eigenvalue weighted by Gasteiger charge is -2.37. The predicted molar refractivity (Wildman–Crippen MR) is 122 cm³/mol. The topological polar surface area (TPSA) is 91.3 Å². The fourth-order valence-corrected chi connectivity index (χ4v) is 4.64. The van der Waals surface area contributed by atoms with E-state index in [1.54, 1.807) is 24.5 Å². The SMILES string of the molecule is CCc1cc(N2CCN(c3ccccc3S(=O)(=O)NC)CC2)nc(-c2ccncc2)n1. The average molecular weight is 439 g/mol. The summed E-state index contributed by atoms with van der Waals surface area (Å²) in [4.78, 5) is 18.2. The van der Waals surface area contributed by atoms with E-state index in [2.05, 4.69) is 31.4 Å². The Morgan fingerprint density at radius 2 is 1.65 bits per heavy atom. The number of sulfonamides is 1. The number of para-hydroxylation sites is 1. The molecule has 31 heavy (non-hydrogen) atoms. The molecule has 0 unspecified atom stereocenters. The van der Waals surface area contributed by atoms with Crippen LogP contribution in [0, 0.1) is 0 Å². The van der Waals surface area contributed by atoms with Crippen LogP contribution < -0.4 is 14.5 Å². The van der Waals surface area contributed by atoms with Crippen LogP contribution in [-0.4, -0.2) is 56.6 Å². The van der Waals surface area contributed by atoms with E-state index in [-0.39, 0.29) is 0 Å². The molecule has 1 N–H and O–H groups in total. The first-order valence-electron chi connectivity index (χ1n) is 10.3. The smallest absolute Gasteiger partial charge is 0.242 e. The molecular formula is C22H26N6O2S. The van der Waals surface area contributed by atoms with Crippen LogP contribution >= 0.6 is 0 Å². The molecular weight excluding hydrogens is 412 g/mol. The number of benzene rings is 1. The zero-order valence-electron chi connectivity index (χ0n) is 17.7. The van der Waals surface area contributed by atoms with Gasteiger partial charge in [0.25, 0.3) is 0 Å². The summed E-state index contributed by atoms with van der Waals surface area (Å²) in [6, 6.07) is 13.0. The van der Waals surface area contributed by atoms with Gasteiger partial charge >= 0.3 is 0 Å². The van der Waals surface area contributed by atoms with Gasteiger partial charge in [-0.05, 0) is 37.7 Å². The Hall–Kier alpha value is -3.04. The van der Waals surface area contributed by atoms with Crippen LogP contribution in [0.3, 0.4) is 0 Å². The Labute approximate surface area is 183 Å². The minimum absolute atomic E-state index is 0.307. The molecule has 1 aromatic carbocycles.